The first kappa shape index (κ1) is 14.2. The van der Waals surface area contributed by atoms with E-state index in [1.165, 1.54) is 0 Å². The van der Waals surface area contributed by atoms with Crippen LogP contribution in [0, 0.1) is 5.92 Å². The average Bonchev–Trinajstić information content (AvgIpc) is 2.13. The van der Waals surface area contributed by atoms with Gasteiger partial charge in [0.15, 0.2) is 0 Å². The first-order valence-electron chi connectivity index (χ1n) is 5.05. The molecule has 86 valence electrons. The van der Waals surface area contributed by atoms with Gasteiger partial charge < -0.3 is 9.84 Å². The van der Waals surface area contributed by atoms with Crippen LogP contribution in [-0.4, -0.2) is 55.3 Å². The van der Waals surface area contributed by atoms with Crippen molar-refractivity contribution >= 4 is 11.6 Å². The molecule has 0 heterocycles. The molecule has 0 aliphatic heterocycles. The van der Waals surface area contributed by atoms with E-state index in [0.29, 0.717) is 24.9 Å². The van der Waals surface area contributed by atoms with Crippen molar-refractivity contribution in [2.75, 3.05) is 39.2 Å². The number of halogens is 1. The van der Waals surface area contributed by atoms with Crippen LogP contribution in [0.25, 0.3) is 0 Å². The van der Waals surface area contributed by atoms with Crippen molar-refractivity contribution < 1.29 is 9.84 Å². The second-order valence-electron chi connectivity index (χ2n) is 3.95. The van der Waals surface area contributed by atoms with Gasteiger partial charge in [0.2, 0.25) is 0 Å². The van der Waals surface area contributed by atoms with Gasteiger partial charge in [0.05, 0.1) is 12.7 Å². The Bertz CT molecular complexity index is 133. The Balaban J connectivity index is 3.83. The van der Waals surface area contributed by atoms with Crippen LogP contribution in [0.4, 0.5) is 0 Å². The number of methoxy groups -OCH3 is 1. The summed E-state index contributed by atoms with van der Waals surface area (Å²) in [5.41, 5.74) is 0. The molecule has 0 aliphatic rings. The standard InChI is InChI=1S/C10H22ClNO2/c1-9(2)7-12(4-5-14-3)8-10(13)6-11/h9-10,13H,4-8H2,1-3H3. The molecule has 0 radical (unpaired) electrons. The maximum atomic E-state index is 9.43. The number of rotatable bonds is 8. The Labute approximate surface area is 92.0 Å². The molecular weight excluding hydrogens is 202 g/mol. The van der Waals surface area contributed by atoms with E-state index in [1.807, 2.05) is 0 Å². The highest BCUT2D eigenvalue weighted by molar-refractivity contribution is 6.18. The summed E-state index contributed by atoms with van der Waals surface area (Å²) in [6.07, 6.45) is -0.438. The van der Waals surface area contributed by atoms with Crippen molar-refractivity contribution in [3.8, 4) is 0 Å². The first-order valence-corrected chi connectivity index (χ1v) is 5.59. The summed E-state index contributed by atoms with van der Waals surface area (Å²) in [5.74, 6) is 0.885. The highest BCUT2D eigenvalue weighted by Gasteiger charge is 2.11. The Morgan fingerprint density at radius 1 is 1.36 bits per heavy atom. The summed E-state index contributed by atoms with van der Waals surface area (Å²) in [5, 5.41) is 9.43. The highest BCUT2D eigenvalue weighted by Crippen LogP contribution is 2.01. The molecule has 0 aromatic carbocycles. The number of nitrogens with zero attached hydrogens (tertiary/aromatic N) is 1. The normalized spacial score (nSPS) is 13.9. The fourth-order valence-electron chi connectivity index (χ4n) is 1.34. The van der Waals surface area contributed by atoms with Gasteiger partial charge in [0, 0.05) is 32.6 Å². The highest BCUT2D eigenvalue weighted by atomic mass is 35.5. The molecule has 1 N–H and O–H groups in total. The monoisotopic (exact) mass is 223 g/mol. The molecule has 0 aromatic heterocycles. The molecule has 1 unspecified atom stereocenters. The number of aliphatic hydroxyl groups is 1. The van der Waals surface area contributed by atoms with Gasteiger partial charge in [-0.15, -0.1) is 11.6 Å². The molecule has 14 heavy (non-hydrogen) atoms. The van der Waals surface area contributed by atoms with E-state index in [1.54, 1.807) is 7.11 Å². The summed E-state index contributed by atoms with van der Waals surface area (Å²) in [7, 11) is 1.69. The molecule has 0 rings (SSSR count). The van der Waals surface area contributed by atoms with Crippen molar-refractivity contribution in [1.29, 1.82) is 0 Å². The van der Waals surface area contributed by atoms with Gasteiger partial charge in [-0.05, 0) is 5.92 Å². The van der Waals surface area contributed by atoms with E-state index in [0.717, 1.165) is 13.1 Å². The molecule has 0 aliphatic carbocycles. The molecular formula is C10H22ClNO2. The third-order valence-corrected chi connectivity index (χ3v) is 2.24. The lowest BCUT2D eigenvalue weighted by atomic mass is 10.2. The lowest BCUT2D eigenvalue weighted by molar-refractivity contribution is 0.0926. The first-order chi connectivity index (χ1) is 6.60. The summed E-state index contributed by atoms with van der Waals surface area (Å²) >= 11 is 5.56. The SMILES string of the molecule is COCCN(CC(C)C)CC(O)CCl. The summed E-state index contributed by atoms with van der Waals surface area (Å²) < 4.78 is 5.01. The van der Waals surface area contributed by atoms with E-state index < -0.39 is 6.10 Å². The molecule has 3 nitrogen and oxygen atoms in total. The molecule has 0 saturated heterocycles. The van der Waals surface area contributed by atoms with Gasteiger partial charge in [0.25, 0.3) is 0 Å². The van der Waals surface area contributed by atoms with Crippen LogP contribution < -0.4 is 0 Å². The van der Waals surface area contributed by atoms with E-state index in [4.69, 9.17) is 16.3 Å². The maximum Gasteiger partial charge on any atom is 0.0802 e. The van der Waals surface area contributed by atoms with Crippen molar-refractivity contribution in [3.63, 3.8) is 0 Å². The molecule has 0 spiro atoms. The van der Waals surface area contributed by atoms with Gasteiger partial charge in [-0.2, -0.15) is 0 Å². The van der Waals surface area contributed by atoms with Crippen molar-refractivity contribution in [3.05, 3.63) is 0 Å². The lowest BCUT2D eigenvalue weighted by Crippen LogP contribution is -2.37. The summed E-state index contributed by atoms with van der Waals surface area (Å²) in [6, 6.07) is 0. The second-order valence-corrected chi connectivity index (χ2v) is 4.26. The minimum atomic E-state index is -0.438. The van der Waals surface area contributed by atoms with Crippen molar-refractivity contribution in [1.82, 2.24) is 4.90 Å². The van der Waals surface area contributed by atoms with Crippen LogP contribution in [-0.2, 0) is 4.74 Å². The van der Waals surface area contributed by atoms with E-state index >= 15 is 0 Å². The predicted molar refractivity (Wildman–Crippen MR) is 59.9 cm³/mol. The smallest absolute Gasteiger partial charge is 0.0802 e. The van der Waals surface area contributed by atoms with E-state index in [9.17, 15) is 5.11 Å². The minimum absolute atomic E-state index is 0.293. The lowest BCUT2D eigenvalue weighted by Gasteiger charge is -2.25. The average molecular weight is 224 g/mol. The fourth-order valence-corrected chi connectivity index (χ4v) is 1.44. The van der Waals surface area contributed by atoms with Gasteiger partial charge in [-0.3, -0.25) is 4.90 Å². The van der Waals surface area contributed by atoms with Gasteiger partial charge in [0.1, 0.15) is 0 Å². The van der Waals surface area contributed by atoms with Gasteiger partial charge in [-0.25, -0.2) is 0 Å². The number of alkyl halides is 1. The second kappa shape index (κ2) is 8.48. The number of hydrogen-bond acceptors (Lipinski definition) is 3. The Morgan fingerprint density at radius 3 is 2.43 bits per heavy atom. The number of aliphatic hydroxyl groups excluding tert-OH is 1. The molecule has 4 heteroatoms. The van der Waals surface area contributed by atoms with E-state index in [2.05, 4.69) is 18.7 Å². The van der Waals surface area contributed by atoms with Crippen LogP contribution in [0.1, 0.15) is 13.8 Å². The Hall–Kier alpha value is 0.170. The molecule has 0 bridgehead atoms. The van der Waals surface area contributed by atoms with Crippen LogP contribution >= 0.6 is 11.6 Å². The van der Waals surface area contributed by atoms with Crippen LogP contribution in [0.2, 0.25) is 0 Å². The zero-order valence-electron chi connectivity index (χ0n) is 9.37. The van der Waals surface area contributed by atoms with Gasteiger partial charge >= 0.3 is 0 Å². The predicted octanol–water partition coefficient (Wildman–Crippen LogP) is 1.19. The van der Waals surface area contributed by atoms with Crippen LogP contribution in [0.15, 0.2) is 0 Å². The minimum Gasteiger partial charge on any atom is -0.391 e. The van der Waals surface area contributed by atoms with Crippen molar-refractivity contribution in [2.45, 2.75) is 20.0 Å². The molecule has 0 aromatic rings. The zero-order valence-corrected chi connectivity index (χ0v) is 10.1. The third-order valence-electron chi connectivity index (χ3n) is 1.88. The molecule has 1 atom stereocenters. The fraction of sp³-hybridized carbons (Fsp3) is 1.00. The molecule has 0 saturated carbocycles. The van der Waals surface area contributed by atoms with Gasteiger partial charge in [-0.1, -0.05) is 13.8 Å². The van der Waals surface area contributed by atoms with Crippen molar-refractivity contribution in [2.24, 2.45) is 5.92 Å². The quantitative estimate of drug-likeness (QED) is 0.628. The van der Waals surface area contributed by atoms with Crippen LogP contribution in [0.3, 0.4) is 0 Å². The zero-order chi connectivity index (χ0) is 11.0. The molecule has 0 amide bonds. The summed E-state index contributed by atoms with van der Waals surface area (Å²) in [6.45, 7) is 7.46. The summed E-state index contributed by atoms with van der Waals surface area (Å²) in [4.78, 5) is 2.18. The number of hydrogen-bond donors (Lipinski definition) is 1. The largest absolute Gasteiger partial charge is 0.391 e. The number of ether oxygens (including phenoxy) is 1. The van der Waals surface area contributed by atoms with Crippen LogP contribution in [0.5, 0.6) is 0 Å². The Kier molecular flexibility index (Phi) is 8.58. The van der Waals surface area contributed by atoms with E-state index in [-0.39, 0.29) is 0 Å². The maximum absolute atomic E-state index is 9.43. The third kappa shape index (κ3) is 7.56. The Morgan fingerprint density at radius 2 is 2.00 bits per heavy atom. The topological polar surface area (TPSA) is 32.7 Å². The molecule has 0 fully saturated rings.